The Kier molecular flexibility index (Phi) is 2.11. The van der Waals surface area contributed by atoms with Gasteiger partial charge in [-0.15, -0.1) is 0 Å². The summed E-state index contributed by atoms with van der Waals surface area (Å²) in [6.07, 6.45) is 4.53. The van der Waals surface area contributed by atoms with Crippen LogP contribution in [0.15, 0.2) is 12.7 Å². The quantitative estimate of drug-likeness (QED) is 0.565. The van der Waals surface area contributed by atoms with E-state index in [9.17, 15) is 4.79 Å². The maximum atomic E-state index is 9.92. The molecule has 1 heterocycles. The highest BCUT2D eigenvalue weighted by molar-refractivity contribution is 5.57. The van der Waals surface area contributed by atoms with Gasteiger partial charge in [0.2, 0.25) is 6.29 Å². The van der Waals surface area contributed by atoms with E-state index in [1.54, 1.807) is 6.29 Å². The smallest absolute Gasteiger partial charge is 0.218 e. The van der Waals surface area contributed by atoms with E-state index in [1.165, 1.54) is 17.3 Å². The molecule has 0 aliphatic carbocycles. The Morgan fingerprint density at radius 1 is 1.80 bits per heavy atom. The Morgan fingerprint density at radius 3 is 3.10 bits per heavy atom. The standard InChI is InChI=1S/C5H7N4O/c6-5(2-10)1-9-4-7-3-8-9/h3-5H,1,6H2/t5-/m0/s1. The summed E-state index contributed by atoms with van der Waals surface area (Å²) in [7, 11) is 0. The molecule has 0 fully saturated rings. The fraction of sp³-hybridized carbons (Fsp3) is 0.400. The summed E-state index contributed by atoms with van der Waals surface area (Å²) in [5.74, 6) is 0. The monoisotopic (exact) mass is 139 g/mol. The molecule has 5 nitrogen and oxygen atoms in total. The van der Waals surface area contributed by atoms with E-state index in [-0.39, 0.29) is 0 Å². The SMILES string of the molecule is N[C@H]([C]=O)Cn1cncn1. The third kappa shape index (κ3) is 1.63. The number of aromatic nitrogens is 3. The number of carbonyl (C=O) groups excluding carboxylic acids is 1. The predicted molar refractivity (Wildman–Crippen MR) is 33.7 cm³/mol. The van der Waals surface area contributed by atoms with Crippen molar-refractivity contribution in [1.82, 2.24) is 14.8 Å². The molecule has 1 rings (SSSR count). The molecule has 1 atom stereocenters. The normalized spacial score (nSPS) is 12.9. The van der Waals surface area contributed by atoms with Gasteiger partial charge in [-0.05, 0) is 0 Å². The molecule has 0 saturated heterocycles. The van der Waals surface area contributed by atoms with Crippen molar-refractivity contribution in [2.75, 3.05) is 0 Å². The lowest BCUT2D eigenvalue weighted by molar-refractivity contribution is 0.512. The van der Waals surface area contributed by atoms with Gasteiger partial charge in [0.1, 0.15) is 12.7 Å². The van der Waals surface area contributed by atoms with Gasteiger partial charge in [-0.3, -0.25) is 9.48 Å². The van der Waals surface area contributed by atoms with Crippen LogP contribution in [0.1, 0.15) is 0 Å². The number of rotatable bonds is 3. The number of hydrogen-bond donors (Lipinski definition) is 1. The average Bonchev–Trinajstić information content (AvgIpc) is 2.40. The van der Waals surface area contributed by atoms with Crippen molar-refractivity contribution in [3.63, 3.8) is 0 Å². The third-order valence-electron chi connectivity index (χ3n) is 1.00. The van der Waals surface area contributed by atoms with Gasteiger partial charge in [0.15, 0.2) is 0 Å². The Balaban J connectivity index is 2.47. The second kappa shape index (κ2) is 3.07. The highest BCUT2D eigenvalue weighted by atomic mass is 16.1. The first kappa shape index (κ1) is 6.88. The fourth-order valence-electron chi connectivity index (χ4n) is 0.566. The van der Waals surface area contributed by atoms with Gasteiger partial charge in [0.25, 0.3) is 0 Å². The van der Waals surface area contributed by atoms with Crippen LogP contribution in [0, 0.1) is 0 Å². The predicted octanol–water partition coefficient (Wildman–Crippen LogP) is -1.28. The van der Waals surface area contributed by atoms with E-state index in [2.05, 4.69) is 10.1 Å². The van der Waals surface area contributed by atoms with Gasteiger partial charge in [0, 0.05) is 0 Å². The molecule has 0 unspecified atom stereocenters. The van der Waals surface area contributed by atoms with E-state index in [4.69, 9.17) is 5.73 Å². The molecule has 0 amide bonds. The molecule has 0 bridgehead atoms. The molecule has 1 radical (unpaired) electrons. The summed E-state index contributed by atoms with van der Waals surface area (Å²) in [4.78, 5) is 13.6. The highest BCUT2D eigenvalue weighted by Crippen LogP contribution is 1.81. The molecule has 1 aromatic heterocycles. The van der Waals surface area contributed by atoms with Crippen LogP contribution in [-0.2, 0) is 11.3 Å². The van der Waals surface area contributed by atoms with Crippen LogP contribution in [0.25, 0.3) is 0 Å². The third-order valence-corrected chi connectivity index (χ3v) is 1.00. The van der Waals surface area contributed by atoms with E-state index < -0.39 is 6.04 Å². The number of nitrogens with two attached hydrogens (primary N) is 1. The molecule has 0 aliphatic heterocycles. The van der Waals surface area contributed by atoms with E-state index >= 15 is 0 Å². The number of nitrogens with zero attached hydrogens (tertiary/aromatic N) is 3. The second-order valence-electron chi connectivity index (χ2n) is 1.84. The second-order valence-corrected chi connectivity index (χ2v) is 1.84. The maximum Gasteiger partial charge on any atom is 0.218 e. The molecule has 0 saturated carbocycles. The highest BCUT2D eigenvalue weighted by Gasteiger charge is 2.01. The molecule has 53 valence electrons. The summed E-state index contributed by atoms with van der Waals surface area (Å²) in [5, 5.41) is 3.75. The van der Waals surface area contributed by atoms with Crippen molar-refractivity contribution in [3.8, 4) is 0 Å². The van der Waals surface area contributed by atoms with Crippen LogP contribution in [0.3, 0.4) is 0 Å². The summed E-state index contributed by atoms with van der Waals surface area (Å²) >= 11 is 0. The number of hydrogen-bond acceptors (Lipinski definition) is 4. The Bertz CT molecular complexity index is 195. The lowest BCUT2D eigenvalue weighted by atomic mass is 10.4. The minimum Gasteiger partial charge on any atom is -0.320 e. The molecule has 0 aromatic carbocycles. The van der Waals surface area contributed by atoms with Gasteiger partial charge in [-0.25, -0.2) is 4.98 Å². The maximum absolute atomic E-state index is 9.92. The average molecular weight is 139 g/mol. The van der Waals surface area contributed by atoms with E-state index in [0.29, 0.717) is 6.54 Å². The molecule has 2 N–H and O–H groups in total. The van der Waals surface area contributed by atoms with Crippen LogP contribution < -0.4 is 5.73 Å². The Morgan fingerprint density at radius 2 is 2.60 bits per heavy atom. The zero-order chi connectivity index (χ0) is 7.40. The minimum atomic E-state index is -0.610. The van der Waals surface area contributed by atoms with Crippen LogP contribution >= 0.6 is 0 Å². The Labute approximate surface area is 57.9 Å². The summed E-state index contributed by atoms with van der Waals surface area (Å²) in [5.41, 5.74) is 5.25. The first-order chi connectivity index (χ1) is 4.83. The van der Waals surface area contributed by atoms with E-state index in [0.717, 1.165) is 0 Å². The van der Waals surface area contributed by atoms with Crippen LogP contribution in [0.4, 0.5) is 0 Å². The molecule has 0 spiro atoms. The summed E-state index contributed by atoms with van der Waals surface area (Å²) < 4.78 is 1.48. The molecule has 5 heteroatoms. The zero-order valence-electron chi connectivity index (χ0n) is 5.27. The molecule has 0 aliphatic rings. The summed E-state index contributed by atoms with van der Waals surface area (Å²) in [6.45, 7) is 0.337. The lowest BCUT2D eigenvalue weighted by Gasteiger charge is -1.99. The van der Waals surface area contributed by atoms with Gasteiger partial charge >= 0.3 is 0 Å². The van der Waals surface area contributed by atoms with Gasteiger partial charge in [-0.1, -0.05) is 0 Å². The van der Waals surface area contributed by atoms with Crippen molar-refractivity contribution in [3.05, 3.63) is 12.7 Å². The van der Waals surface area contributed by atoms with Crippen LogP contribution in [0.2, 0.25) is 0 Å². The van der Waals surface area contributed by atoms with Crippen LogP contribution in [-0.4, -0.2) is 27.1 Å². The zero-order valence-corrected chi connectivity index (χ0v) is 5.27. The molecular formula is C5H7N4O. The van der Waals surface area contributed by atoms with Crippen molar-refractivity contribution in [1.29, 1.82) is 0 Å². The molecular weight excluding hydrogens is 132 g/mol. The van der Waals surface area contributed by atoms with Crippen molar-refractivity contribution < 1.29 is 4.79 Å². The van der Waals surface area contributed by atoms with Gasteiger partial charge < -0.3 is 5.73 Å². The van der Waals surface area contributed by atoms with E-state index in [1.807, 2.05) is 0 Å². The lowest BCUT2D eigenvalue weighted by Crippen LogP contribution is -2.27. The van der Waals surface area contributed by atoms with Crippen LogP contribution in [0.5, 0.6) is 0 Å². The first-order valence-electron chi connectivity index (χ1n) is 2.78. The van der Waals surface area contributed by atoms with Crippen molar-refractivity contribution in [2.45, 2.75) is 12.6 Å². The van der Waals surface area contributed by atoms with Gasteiger partial charge in [0.05, 0.1) is 12.6 Å². The minimum absolute atomic E-state index is 0.337. The van der Waals surface area contributed by atoms with Gasteiger partial charge in [-0.2, -0.15) is 5.10 Å². The first-order valence-corrected chi connectivity index (χ1v) is 2.78. The largest absolute Gasteiger partial charge is 0.320 e. The summed E-state index contributed by atoms with van der Waals surface area (Å²) in [6, 6.07) is -0.610. The fourth-order valence-corrected chi connectivity index (χ4v) is 0.566. The van der Waals surface area contributed by atoms with Crippen molar-refractivity contribution in [2.24, 2.45) is 5.73 Å². The topological polar surface area (TPSA) is 73.8 Å². The Hall–Kier alpha value is -1.23. The molecule has 1 aromatic rings. The van der Waals surface area contributed by atoms with Crippen molar-refractivity contribution >= 4 is 6.29 Å². The molecule has 10 heavy (non-hydrogen) atoms.